The molecule has 2 atom stereocenters. The van der Waals surface area contributed by atoms with Crippen molar-refractivity contribution in [1.82, 2.24) is 24.7 Å². The largest absolute Gasteiger partial charge is 0.484 e. The Morgan fingerprint density at radius 2 is 1.14 bits per heavy atom. The van der Waals surface area contributed by atoms with Crippen molar-refractivity contribution < 1.29 is 32.2 Å². The molecule has 4 aliphatic rings. The second kappa shape index (κ2) is 18.0. The number of fused-ring (bicyclic) bond motifs is 2. The van der Waals surface area contributed by atoms with Crippen LogP contribution in [-0.4, -0.2) is 104 Å². The maximum atomic E-state index is 11.9. The third-order valence-electron chi connectivity index (χ3n) is 11.1. The highest BCUT2D eigenvalue weighted by molar-refractivity contribution is 7.91. The molecule has 13 heteroatoms. The van der Waals surface area contributed by atoms with Crippen LogP contribution in [0.5, 0.6) is 23.3 Å². The van der Waals surface area contributed by atoms with Gasteiger partial charge in [-0.25, -0.2) is 18.4 Å². The lowest BCUT2D eigenvalue weighted by molar-refractivity contribution is -0.130. The lowest BCUT2D eigenvalue weighted by atomic mass is 9.92. The predicted octanol–water partition coefficient (Wildman–Crippen LogP) is 5.89. The van der Waals surface area contributed by atoms with E-state index in [4.69, 9.17) is 18.9 Å². The molecule has 0 spiro atoms. The molecule has 1 amide bonds. The molecule has 2 saturated heterocycles. The van der Waals surface area contributed by atoms with Gasteiger partial charge >= 0.3 is 0 Å². The van der Waals surface area contributed by atoms with Gasteiger partial charge in [0.25, 0.3) is 11.8 Å². The first kappa shape index (κ1) is 39.5. The summed E-state index contributed by atoms with van der Waals surface area (Å²) < 4.78 is 46.8. The second-order valence-electron chi connectivity index (χ2n) is 15.4. The van der Waals surface area contributed by atoms with E-state index in [2.05, 4.69) is 68.3 Å². The highest BCUT2D eigenvalue weighted by Crippen LogP contribution is 2.35. The molecule has 0 bridgehead atoms. The van der Waals surface area contributed by atoms with Gasteiger partial charge in [0, 0.05) is 52.3 Å². The molecule has 0 unspecified atom stereocenters. The van der Waals surface area contributed by atoms with Gasteiger partial charge in [-0.2, -0.15) is 0 Å². The Morgan fingerprint density at radius 1 is 0.696 bits per heavy atom. The summed E-state index contributed by atoms with van der Waals surface area (Å²) in [5.74, 6) is 3.24. The van der Waals surface area contributed by atoms with E-state index < -0.39 is 9.84 Å². The number of aromatic nitrogens is 2. The van der Waals surface area contributed by atoms with Gasteiger partial charge < -0.3 is 23.8 Å². The molecule has 2 aromatic heterocycles. The Bertz CT molecular complexity index is 2010. The normalized spacial score (nSPS) is 20.4. The number of ether oxygens (including phenoxy) is 4. The van der Waals surface area contributed by atoms with Gasteiger partial charge in [-0.3, -0.25) is 14.6 Å². The van der Waals surface area contributed by atoms with Gasteiger partial charge in [-0.1, -0.05) is 48.5 Å². The second-order valence-corrected chi connectivity index (χ2v) is 17.8. The fourth-order valence-electron chi connectivity index (χ4n) is 7.61. The number of sulfone groups is 1. The minimum atomic E-state index is -2.92. The van der Waals surface area contributed by atoms with E-state index in [0.29, 0.717) is 48.8 Å². The average Bonchev–Trinajstić information content (AvgIpc) is 3.22. The molecule has 2 aromatic carbocycles. The zero-order chi connectivity index (χ0) is 39.1. The first-order valence-corrected chi connectivity index (χ1v) is 21.5. The smallest absolute Gasteiger partial charge is 0.257 e. The average molecular weight is 784 g/mol. The van der Waals surface area contributed by atoms with E-state index in [1.165, 1.54) is 17.4 Å². The SMILES string of the molecule is CN(C)C(=O)CC1CCN(Cc2ccc([C@H]3COc4cccnc4O3)cc2)CC1.CS(=O)(=O)C1CCN(Cc2ccc([C@H]3COc4cccnc4O3)cc2)CC1. The van der Waals surface area contributed by atoms with Gasteiger partial charge in [0.05, 0.1) is 5.25 Å². The van der Waals surface area contributed by atoms with Gasteiger partial charge in [0.15, 0.2) is 23.7 Å². The van der Waals surface area contributed by atoms with E-state index in [1.54, 1.807) is 17.3 Å². The van der Waals surface area contributed by atoms with E-state index >= 15 is 0 Å². The number of hydrogen-bond acceptors (Lipinski definition) is 11. The summed E-state index contributed by atoms with van der Waals surface area (Å²) in [4.78, 5) is 26.9. The molecule has 6 heterocycles. The predicted molar refractivity (Wildman–Crippen MR) is 214 cm³/mol. The molecule has 8 rings (SSSR count). The molecule has 56 heavy (non-hydrogen) atoms. The van der Waals surface area contributed by atoms with Gasteiger partial charge in [0.1, 0.15) is 23.1 Å². The summed E-state index contributed by atoms with van der Waals surface area (Å²) in [5, 5.41) is -0.184. The number of hydrogen-bond donors (Lipinski definition) is 0. The number of nitrogens with zero attached hydrogens (tertiary/aromatic N) is 5. The van der Waals surface area contributed by atoms with Crippen LogP contribution in [0.15, 0.2) is 85.2 Å². The van der Waals surface area contributed by atoms with E-state index in [0.717, 1.165) is 76.1 Å². The van der Waals surface area contributed by atoms with Crippen LogP contribution in [0.3, 0.4) is 0 Å². The number of likely N-dealkylation sites (tertiary alicyclic amines) is 2. The highest BCUT2D eigenvalue weighted by atomic mass is 32.2. The summed E-state index contributed by atoms with van der Waals surface area (Å²) in [6.45, 7) is 6.49. The molecule has 0 N–H and O–H groups in total. The van der Waals surface area contributed by atoms with Crippen LogP contribution in [0.1, 0.15) is 66.6 Å². The maximum absolute atomic E-state index is 11.9. The van der Waals surface area contributed by atoms with Crippen molar-refractivity contribution in [3.63, 3.8) is 0 Å². The molecule has 2 fully saturated rings. The Hall–Kier alpha value is -4.72. The van der Waals surface area contributed by atoms with E-state index in [1.807, 2.05) is 38.4 Å². The van der Waals surface area contributed by atoms with E-state index in [-0.39, 0.29) is 23.4 Å². The zero-order valence-electron chi connectivity index (χ0n) is 32.6. The number of benzene rings is 2. The number of pyridine rings is 2. The summed E-state index contributed by atoms with van der Waals surface area (Å²) in [5.41, 5.74) is 4.68. The third-order valence-corrected chi connectivity index (χ3v) is 12.8. The highest BCUT2D eigenvalue weighted by Gasteiger charge is 2.28. The minimum absolute atomic E-state index is 0.128. The summed E-state index contributed by atoms with van der Waals surface area (Å²) in [6.07, 6.45) is 8.77. The molecular weight excluding hydrogens is 731 g/mol. The number of amides is 1. The van der Waals surface area contributed by atoms with Crippen molar-refractivity contribution in [1.29, 1.82) is 0 Å². The number of rotatable bonds is 9. The standard InChI is InChI=1S/C23H29N3O3.C20H24N2O4S/c1-25(2)22(27)14-17-9-12-26(13-10-17)15-18-5-7-19(8-6-18)21-16-28-20-4-3-11-24-23(20)29-21;1-27(23,24)17-8-11-22(12-9-17)13-15-4-6-16(7-5-15)19-14-25-18-3-2-10-21-20(18)26-19/h3-8,11,17,21H,9-10,12-16H2,1-2H3;2-7,10,17,19H,8-9,11-14H2,1H3/t21-;19-/m11/s1. The summed E-state index contributed by atoms with van der Waals surface area (Å²) >= 11 is 0. The van der Waals surface area contributed by atoms with Crippen molar-refractivity contribution >= 4 is 15.7 Å². The van der Waals surface area contributed by atoms with Crippen LogP contribution in [0, 0.1) is 5.92 Å². The lowest BCUT2D eigenvalue weighted by Gasteiger charge is -2.32. The van der Waals surface area contributed by atoms with E-state index in [9.17, 15) is 13.2 Å². The maximum Gasteiger partial charge on any atom is 0.257 e. The van der Waals surface area contributed by atoms with Crippen molar-refractivity contribution in [3.05, 3.63) is 107 Å². The lowest BCUT2D eigenvalue weighted by Crippen LogP contribution is -2.38. The summed E-state index contributed by atoms with van der Waals surface area (Å²) in [6, 6.07) is 24.4. The number of piperidine rings is 2. The molecule has 4 aromatic rings. The fraction of sp³-hybridized carbons (Fsp3) is 0.465. The third kappa shape index (κ3) is 10.4. The van der Waals surface area contributed by atoms with Crippen molar-refractivity contribution in [2.45, 2.75) is 62.7 Å². The van der Waals surface area contributed by atoms with Crippen LogP contribution in [0.25, 0.3) is 0 Å². The quantitative estimate of drug-likeness (QED) is 0.202. The Labute approximate surface area is 330 Å². The molecule has 0 saturated carbocycles. The number of carbonyl (C=O) groups is 1. The zero-order valence-corrected chi connectivity index (χ0v) is 33.4. The van der Waals surface area contributed by atoms with Gasteiger partial charge in [0.2, 0.25) is 5.91 Å². The van der Waals surface area contributed by atoms with Crippen LogP contribution in [0.4, 0.5) is 0 Å². The summed E-state index contributed by atoms with van der Waals surface area (Å²) in [7, 11) is 0.749. The van der Waals surface area contributed by atoms with Crippen LogP contribution in [0.2, 0.25) is 0 Å². The molecule has 0 radical (unpaired) electrons. The van der Waals surface area contributed by atoms with Crippen LogP contribution in [-0.2, 0) is 27.7 Å². The van der Waals surface area contributed by atoms with Crippen molar-refractivity contribution in [3.8, 4) is 23.3 Å². The molecule has 298 valence electrons. The monoisotopic (exact) mass is 783 g/mol. The molecule has 12 nitrogen and oxygen atoms in total. The molecule has 0 aliphatic carbocycles. The van der Waals surface area contributed by atoms with Gasteiger partial charge in [-0.15, -0.1) is 0 Å². The first-order chi connectivity index (χ1) is 27.1. The van der Waals surface area contributed by atoms with Crippen molar-refractivity contribution in [2.24, 2.45) is 5.92 Å². The van der Waals surface area contributed by atoms with Crippen LogP contribution >= 0.6 is 0 Å². The first-order valence-electron chi connectivity index (χ1n) is 19.6. The Kier molecular flexibility index (Phi) is 12.7. The van der Waals surface area contributed by atoms with Crippen molar-refractivity contribution in [2.75, 3.05) is 59.7 Å². The Balaban J connectivity index is 0.000000172. The topological polar surface area (TPSA) is 124 Å². The van der Waals surface area contributed by atoms with Crippen LogP contribution < -0.4 is 18.9 Å². The fourth-order valence-corrected chi connectivity index (χ4v) is 8.68. The van der Waals surface area contributed by atoms with Gasteiger partial charge in [-0.05, 0) is 104 Å². The minimum Gasteiger partial charge on any atom is -0.484 e. The Morgan fingerprint density at radius 3 is 1.57 bits per heavy atom. The molecular formula is C43H53N5O7S. The number of carbonyl (C=O) groups excluding carboxylic acids is 1. The molecule has 4 aliphatic heterocycles.